The molecule has 0 saturated heterocycles. The summed E-state index contributed by atoms with van der Waals surface area (Å²) >= 11 is 7.22. The van der Waals surface area contributed by atoms with Crippen LogP contribution in [0.5, 0.6) is 5.75 Å². The fraction of sp³-hybridized carbons (Fsp3) is 0.250. The Labute approximate surface area is 214 Å². The standard InChI is InChI=1S/C24H20ClF3N2O4S2/c1-12-15(19-8-5-13(11-29)35-19)10-16(23(2,3)4)21(31)20(12)22(32)30-18-7-6-14(9-17(18)25)36(33,34)24(26,27)28/h5-10,31H,1-4H3,(H,30,32). The lowest BCUT2D eigenvalue weighted by atomic mass is 9.82. The fourth-order valence-electron chi connectivity index (χ4n) is 3.50. The van der Waals surface area contributed by atoms with E-state index in [0.717, 1.165) is 6.07 Å². The molecule has 3 aromatic rings. The molecule has 12 heteroatoms. The monoisotopic (exact) mass is 556 g/mol. The molecule has 0 aliphatic rings. The van der Waals surface area contributed by atoms with Crippen LogP contribution in [0.25, 0.3) is 10.4 Å². The lowest BCUT2D eigenvalue weighted by molar-refractivity contribution is -0.0436. The molecule has 0 unspecified atom stereocenters. The van der Waals surface area contributed by atoms with Crippen molar-refractivity contribution in [3.05, 3.63) is 63.0 Å². The Kier molecular flexibility index (Phi) is 7.20. The van der Waals surface area contributed by atoms with Crippen LogP contribution in [-0.2, 0) is 15.3 Å². The summed E-state index contributed by atoms with van der Waals surface area (Å²) in [7, 11) is -5.63. The summed E-state index contributed by atoms with van der Waals surface area (Å²) in [5.74, 6) is -1.09. The van der Waals surface area contributed by atoms with Crippen LogP contribution in [0.3, 0.4) is 0 Å². The molecule has 0 atom stereocenters. The van der Waals surface area contributed by atoms with E-state index in [0.29, 0.717) is 38.6 Å². The molecular formula is C24H20ClF3N2O4S2. The maximum atomic E-state index is 13.3. The fourth-order valence-corrected chi connectivity index (χ4v) is 5.46. The van der Waals surface area contributed by atoms with Gasteiger partial charge in [0.1, 0.15) is 16.7 Å². The third-order valence-electron chi connectivity index (χ3n) is 5.38. The zero-order valence-electron chi connectivity index (χ0n) is 19.4. The number of thiophene rings is 1. The molecule has 0 spiro atoms. The molecule has 0 aliphatic heterocycles. The van der Waals surface area contributed by atoms with Crippen molar-refractivity contribution in [2.45, 2.75) is 43.5 Å². The van der Waals surface area contributed by atoms with Gasteiger partial charge in [-0.25, -0.2) is 8.42 Å². The summed E-state index contributed by atoms with van der Waals surface area (Å²) < 4.78 is 61.9. The molecule has 2 N–H and O–H groups in total. The van der Waals surface area contributed by atoms with E-state index in [1.165, 1.54) is 11.3 Å². The van der Waals surface area contributed by atoms with Crippen LogP contribution < -0.4 is 5.32 Å². The first-order chi connectivity index (χ1) is 16.5. The van der Waals surface area contributed by atoms with Crippen LogP contribution in [0.4, 0.5) is 18.9 Å². The van der Waals surface area contributed by atoms with E-state index in [4.69, 9.17) is 11.6 Å². The van der Waals surface area contributed by atoms with Gasteiger partial charge in [-0.2, -0.15) is 18.4 Å². The maximum Gasteiger partial charge on any atom is 0.501 e. The van der Waals surface area contributed by atoms with Crippen LogP contribution >= 0.6 is 22.9 Å². The third kappa shape index (κ3) is 5.07. The number of anilines is 1. The summed E-state index contributed by atoms with van der Waals surface area (Å²) in [5, 5.41) is 22.2. The SMILES string of the molecule is Cc1c(-c2ccc(C#N)s2)cc(C(C)(C)C)c(O)c1C(=O)Nc1ccc(S(=O)(=O)C(F)(F)F)cc1Cl. The summed E-state index contributed by atoms with van der Waals surface area (Å²) in [5.41, 5.74) is -4.86. The van der Waals surface area contributed by atoms with E-state index in [9.17, 15) is 36.8 Å². The van der Waals surface area contributed by atoms with Gasteiger partial charge in [-0.15, -0.1) is 11.3 Å². The predicted octanol–water partition coefficient (Wildman–Crippen LogP) is 6.80. The summed E-state index contributed by atoms with van der Waals surface area (Å²) in [6, 6.07) is 9.39. The van der Waals surface area contributed by atoms with E-state index in [1.807, 2.05) is 20.8 Å². The van der Waals surface area contributed by atoms with Gasteiger partial charge < -0.3 is 10.4 Å². The number of halogens is 4. The minimum absolute atomic E-state index is 0.0904. The Balaban J connectivity index is 2.11. The number of carbonyl (C=O) groups excluding carboxylic acids is 1. The number of phenolic OH excluding ortho intramolecular Hbond substituents is 1. The zero-order chi connectivity index (χ0) is 27.2. The van der Waals surface area contributed by atoms with Gasteiger partial charge in [-0.3, -0.25) is 4.79 Å². The van der Waals surface area contributed by atoms with Gasteiger partial charge in [-0.05, 0) is 59.9 Å². The van der Waals surface area contributed by atoms with Gasteiger partial charge in [0.05, 0.1) is 21.2 Å². The molecule has 0 saturated carbocycles. The Morgan fingerprint density at radius 1 is 1.14 bits per heavy atom. The number of nitriles is 1. The highest BCUT2D eigenvalue weighted by atomic mass is 35.5. The van der Waals surface area contributed by atoms with Gasteiger partial charge in [0.15, 0.2) is 0 Å². The van der Waals surface area contributed by atoms with E-state index in [2.05, 4.69) is 11.4 Å². The number of amides is 1. The molecule has 190 valence electrons. The average molecular weight is 557 g/mol. The number of aromatic hydroxyl groups is 1. The second-order valence-electron chi connectivity index (χ2n) is 8.89. The average Bonchev–Trinajstić information content (AvgIpc) is 3.22. The van der Waals surface area contributed by atoms with Crippen molar-refractivity contribution >= 4 is 44.4 Å². The first kappa shape index (κ1) is 27.5. The maximum absolute atomic E-state index is 13.3. The van der Waals surface area contributed by atoms with Gasteiger partial charge in [0.25, 0.3) is 15.7 Å². The molecule has 36 heavy (non-hydrogen) atoms. The van der Waals surface area contributed by atoms with Crippen molar-refractivity contribution in [2.24, 2.45) is 0 Å². The second-order valence-corrected chi connectivity index (χ2v) is 12.3. The number of hydrogen-bond acceptors (Lipinski definition) is 6. The number of hydrogen-bond donors (Lipinski definition) is 2. The number of sulfone groups is 1. The van der Waals surface area contributed by atoms with Crippen molar-refractivity contribution < 1.29 is 31.5 Å². The quantitative estimate of drug-likeness (QED) is 0.367. The first-order valence-corrected chi connectivity index (χ1v) is 13.0. The predicted molar refractivity (Wildman–Crippen MR) is 132 cm³/mol. The molecule has 1 heterocycles. The van der Waals surface area contributed by atoms with Crippen LogP contribution in [-0.4, -0.2) is 24.9 Å². The topological polar surface area (TPSA) is 107 Å². The Hall–Kier alpha value is -3.07. The highest BCUT2D eigenvalue weighted by Crippen LogP contribution is 2.42. The normalized spacial score (nSPS) is 12.3. The molecule has 2 aromatic carbocycles. The number of rotatable bonds is 4. The van der Waals surface area contributed by atoms with Crippen LogP contribution in [0.15, 0.2) is 41.3 Å². The van der Waals surface area contributed by atoms with Crippen molar-refractivity contribution in [1.82, 2.24) is 0 Å². The number of nitrogens with one attached hydrogen (secondary N) is 1. The number of alkyl halides is 3. The van der Waals surface area contributed by atoms with E-state index in [1.54, 1.807) is 25.1 Å². The molecular weight excluding hydrogens is 537 g/mol. The molecule has 1 aromatic heterocycles. The zero-order valence-corrected chi connectivity index (χ0v) is 21.8. The van der Waals surface area contributed by atoms with Gasteiger partial charge in [0.2, 0.25) is 0 Å². The Bertz CT molecular complexity index is 1520. The highest BCUT2D eigenvalue weighted by molar-refractivity contribution is 7.92. The van der Waals surface area contributed by atoms with Crippen LogP contribution in [0.1, 0.15) is 47.1 Å². The first-order valence-electron chi connectivity index (χ1n) is 10.3. The Morgan fingerprint density at radius 2 is 1.78 bits per heavy atom. The van der Waals surface area contributed by atoms with Gasteiger partial charge in [0, 0.05) is 10.4 Å². The minimum atomic E-state index is -5.63. The molecule has 0 radical (unpaired) electrons. The van der Waals surface area contributed by atoms with E-state index >= 15 is 0 Å². The number of phenols is 1. The molecule has 6 nitrogen and oxygen atoms in total. The number of nitrogens with zero attached hydrogens (tertiary/aromatic N) is 1. The van der Waals surface area contributed by atoms with Crippen molar-refractivity contribution in [3.63, 3.8) is 0 Å². The highest BCUT2D eigenvalue weighted by Gasteiger charge is 2.47. The van der Waals surface area contributed by atoms with Crippen molar-refractivity contribution in [3.8, 4) is 22.3 Å². The van der Waals surface area contributed by atoms with Crippen molar-refractivity contribution in [1.29, 1.82) is 5.26 Å². The van der Waals surface area contributed by atoms with E-state index < -0.39 is 36.6 Å². The molecule has 0 aliphatic carbocycles. The van der Waals surface area contributed by atoms with Crippen molar-refractivity contribution in [2.75, 3.05) is 5.32 Å². The summed E-state index contributed by atoms with van der Waals surface area (Å²) in [4.78, 5) is 13.4. The third-order valence-corrected chi connectivity index (χ3v) is 8.20. The Morgan fingerprint density at radius 3 is 2.28 bits per heavy atom. The smallest absolute Gasteiger partial charge is 0.501 e. The van der Waals surface area contributed by atoms with Gasteiger partial charge in [-0.1, -0.05) is 32.4 Å². The van der Waals surface area contributed by atoms with E-state index in [-0.39, 0.29) is 17.0 Å². The van der Waals surface area contributed by atoms with Crippen LogP contribution in [0, 0.1) is 18.3 Å². The summed E-state index contributed by atoms with van der Waals surface area (Å²) in [6.45, 7) is 7.14. The molecule has 0 fully saturated rings. The van der Waals surface area contributed by atoms with Crippen LogP contribution in [0.2, 0.25) is 5.02 Å². The molecule has 1 amide bonds. The number of carbonyl (C=O) groups is 1. The molecule has 0 bridgehead atoms. The lowest BCUT2D eigenvalue weighted by Crippen LogP contribution is -2.23. The number of benzene rings is 2. The largest absolute Gasteiger partial charge is 0.507 e. The summed E-state index contributed by atoms with van der Waals surface area (Å²) in [6.07, 6.45) is 0. The van der Waals surface area contributed by atoms with Gasteiger partial charge >= 0.3 is 5.51 Å². The lowest BCUT2D eigenvalue weighted by Gasteiger charge is -2.25. The minimum Gasteiger partial charge on any atom is -0.507 e. The second kappa shape index (κ2) is 9.42. The molecule has 3 rings (SSSR count).